The molecule has 0 aromatic rings. The molecule has 0 saturated carbocycles. The number of rotatable bonds is 29. The number of hydrogen-bond acceptors (Lipinski definition) is 7. The fourth-order valence-corrected chi connectivity index (χ4v) is 4.54. The maximum Gasteiger partial charge on any atom is 0.306 e. The van der Waals surface area contributed by atoms with Gasteiger partial charge in [-0.1, -0.05) is 140 Å². The van der Waals surface area contributed by atoms with Crippen molar-refractivity contribution in [1.82, 2.24) is 0 Å². The number of carbonyl (C=O) groups is 2. The van der Waals surface area contributed by atoms with Crippen LogP contribution in [0.25, 0.3) is 0 Å². The lowest BCUT2D eigenvalue weighted by atomic mass is 10.0. The first-order chi connectivity index (χ1) is 21.3. The van der Waals surface area contributed by atoms with Gasteiger partial charge in [-0.05, 0) is 38.0 Å². The van der Waals surface area contributed by atoms with Crippen molar-refractivity contribution in [3.8, 4) is 0 Å². The molecule has 0 bridgehead atoms. The highest BCUT2D eigenvalue weighted by molar-refractivity contribution is 5.70. The molecule has 7 nitrogen and oxygen atoms in total. The first kappa shape index (κ1) is 41.8. The molecule has 0 aliphatic heterocycles. The van der Waals surface area contributed by atoms with Crippen molar-refractivity contribution in [3.63, 3.8) is 0 Å². The molecule has 0 aromatic carbocycles. The van der Waals surface area contributed by atoms with Gasteiger partial charge < -0.3 is 24.8 Å². The monoisotopic (exact) mass is 620 g/mol. The van der Waals surface area contributed by atoms with Crippen molar-refractivity contribution in [2.24, 2.45) is 5.92 Å². The summed E-state index contributed by atoms with van der Waals surface area (Å²) < 4.78 is 10.4. The average molecular weight is 621 g/mol. The molecular weight excluding hydrogens is 556 g/mol. The molecule has 0 aromatic heterocycles. The number of esters is 2. The highest BCUT2D eigenvalue weighted by Gasteiger charge is 2.16. The van der Waals surface area contributed by atoms with Crippen LogP contribution in [0.1, 0.15) is 136 Å². The number of ether oxygens (including phenoxy) is 2. The zero-order chi connectivity index (χ0) is 32.7. The van der Waals surface area contributed by atoms with Gasteiger partial charge in [0, 0.05) is 12.8 Å². The van der Waals surface area contributed by atoms with Crippen molar-refractivity contribution in [2.45, 2.75) is 155 Å². The molecule has 0 amide bonds. The normalized spacial score (nSPS) is 14.3. The Morgan fingerprint density at radius 3 is 1.75 bits per heavy atom. The molecule has 7 heteroatoms. The third-order valence-electron chi connectivity index (χ3n) is 7.26. The molecule has 0 heterocycles. The quantitative estimate of drug-likeness (QED) is 0.0440. The fourth-order valence-electron chi connectivity index (χ4n) is 4.54. The van der Waals surface area contributed by atoms with Gasteiger partial charge in [-0.2, -0.15) is 0 Å². The Labute approximate surface area is 268 Å². The maximum atomic E-state index is 12.1. The molecule has 0 fully saturated rings. The van der Waals surface area contributed by atoms with Crippen molar-refractivity contribution in [2.75, 3.05) is 13.2 Å². The van der Waals surface area contributed by atoms with Crippen LogP contribution in [-0.2, 0) is 19.1 Å². The summed E-state index contributed by atoms with van der Waals surface area (Å²) in [4.78, 5) is 24.1. The topological polar surface area (TPSA) is 113 Å². The summed E-state index contributed by atoms with van der Waals surface area (Å²) in [6.45, 7) is 6.11. The van der Waals surface area contributed by atoms with Gasteiger partial charge in [-0.15, -0.1) is 0 Å². The molecule has 0 unspecified atom stereocenters. The maximum absolute atomic E-state index is 12.1. The van der Waals surface area contributed by atoms with E-state index in [1.807, 2.05) is 30.4 Å². The summed E-state index contributed by atoms with van der Waals surface area (Å²) in [5.41, 5.74) is 0. The van der Waals surface area contributed by atoms with E-state index in [0.717, 1.165) is 57.3 Å². The second-order valence-electron chi connectivity index (χ2n) is 12.1. The number of unbranched alkanes of at least 4 members (excludes halogenated alkanes) is 9. The van der Waals surface area contributed by atoms with Gasteiger partial charge in [0.05, 0.1) is 18.8 Å². The minimum atomic E-state index is -0.877. The molecule has 0 rings (SSSR count). The van der Waals surface area contributed by atoms with E-state index in [-0.39, 0.29) is 25.1 Å². The molecule has 3 N–H and O–H groups in total. The molecule has 0 saturated heterocycles. The van der Waals surface area contributed by atoms with Gasteiger partial charge in [0.2, 0.25) is 0 Å². The van der Waals surface area contributed by atoms with E-state index in [0.29, 0.717) is 19.3 Å². The minimum absolute atomic E-state index is 0.106. The smallest absolute Gasteiger partial charge is 0.306 e. The van der Waals surface area contributed by atoms with Crippen LogP contribution in [0.3, 0.4) is 0 Å². The minimum Gasteiger partial charge on any atom is -0.462 e. The Kier molecular flexibility index (Phi) is 29.2. The van der Waals surface area contributed by atoms with Crippen LogP contribution in [0.2, 0.25) is 0 Å². The highest BCUT2D eigenvalue weighted by atomic mass is 16.6. The lowest BCUT2D eigenvalue weighted by Gasteiger charge is -2.16. The lowest BCUT2D eigenvalue weighted by molar-refractivity contribution is -0.161. The second kappa shape index (κ2) is 30.8. The fraction of sp³-hybridized carbons (Fsp3) is 0.730. The van der Waals surface area contributed by atoms with Gasteiger partial charge in [-0.3, -0.25) is 9.59 Å². The zero-order valence-electron chi connectivity index (χ0n) is 28.0. The van der Waals surface area contributed by atoms with E-state index in [1.165, 1.54) is 38.5 Å². The number of aliphatic hydroxyl groups excluding tert-OH is 3. The van der Waals surface area contributed by atoms with Crippen LogP contribution in [0.15, 0.2) is 48.6 Å². The summed E-state index contributed by atoms with van der Waals surface area (Å²) in [7, 11) is 0. The second-order valence-corrected chi connectivity index (χ2v) is 12.1. The molecule has 0 aliphatic rings. The molecule has 254 valence electrons. The predicted molar refractivity (Wildman–Crippen MR) is 180 cm³/mol. The molecule has 0 spiro atoms. The van der Waals surface area contributed by atoms with Crippen LogP contribution in [0.5, 0.6) is 0 Å². The predicted octanol–water partition coefficient (Wildman–Crippen LogP) is 8.08. The lowest BCUT2D eigenvalue weighted by Crippen LogP contribution is -2.28. The van der Waals surface area contributed by atoms with Crippen LogP contribution < -0.4 is 0 Å². The molecular formula is C37H64O7. The van der Waals surface area contributed by atoms with E-state index in [1.54, 1.807) is 18.2 Å². The summed E-state index contributed by atoms with van der Waals surface area (Å²) in [6.07, 6.45) is 29.6. The molecule has 0 aliphatic carbocycles. The first-order valence-corrected chi connectivity index (χ1v) is 17.3. The summed E-state index contributed by atoms with van der Waals surface area (Å²) in [5.74, 6) is -0.0377. The highest BCUT2D eigenvalue weighted by Crippen LogP contribution is 2.13. The third kappa shape index (κ3) is 29.8. The van der Waals surface area contributed by atoms with E-state index in [4.69, 9.17) is 9.47 Å². The molecule has 44 heavy (non-hydrogen) atoms. The standard InChI is InChI=1S/C37H64O7/c1-4-5-17-24-33(39)25-19-14-10-8-11-15-20-26-34(40)27-22-29-37(42)44-35(30-38)31-43-36(41)28-21-16-12-7-6-9-13-18-23-32(2)3/h10-11,14-15,19-20,25-26,32-35,38-40H,4-9,12-13,16-18,21-24,27-31H2,1-3H3/b14-10-,15-11-,25-19+,26-20+/t33-,34-,35+/m1/s1. The molecule has 0 radical (unpaired) electrons. The van der Waals surface area contributed by atoms with E-state index in [2.05, 4.69) is 20.8 Å². The summed E-state index contributed by atoms with van der Waals surface area (Å²) in [5, 5.41) is 29.4. The van der Waals surface area contributed by atoms with Crippen molar-refractivity contribution in [1.29, 1.82) is 0 Å². The Balaban J connectivity index is 3.90. The van der Waals surface area contributed by atoms with E-state index in [9.17, 15) is 24.9 Å². The van der Waals surface area contributed by atoms with E-state index >= 15 is 0 Å². The Bertz CT molecular complexity index is 800. The number of hydrogen-bond donors (Lipinski definition) is 3. The van der Waals surface area contributed by atoms with Crippen molar-refractivity contribution < 1.29 is 34.4 Å². The average Bonchev–Trinajstić information content (AvgIpc) is 2.99. The zero-order valence-corrected chi connectivity index (χ0v) is 28.0. The van der Waals surface area contributed by atoms with Crippen LogP contribution in [0.4, 0.5) is 0 Å². The Hall–Kier alpha value is -2.22. The largest absolute Gasteiger partial charge is 0.462 e. The van der Waals surface area contributed by atoms with Gasteiger partial charge in [0.25, 0.3) is 0 Å². The SMILES string of the molecule is CCCCC[C@@H](O)/C=C/C=C\C/C=C\C=C\[C@@H](O)CCCC(=O)O[C@@H](CO)COC(=O)CCCCCCCCCCC(C)C. The van der Waals surface area contributed by atoms with Crippen LogP contribution in [0, 0.1) is 5.92 Å². The number of allylic oxidation sites excluding steroid dienone is 6. The molecule has 3 atom stereocenters. The van der Waals surface area contributed by atoms with Gasteiger partial charge in [-0.25, -0.2) is 0 Å². The summed E-state index contributed by atoms with van der Waals surface area (Å²) in [6, 6.07) is 0. The third-order valence-corrected chi connectivity index (χ3v) is 7.26. The van der Waals surface area contributed by atoms with Gasteiger partial charge in [0.15, 0.2) is 6.10 Å². The Morgan fingerprint density at radius 2 is 1.18 bits per heavy atom. The first-order valence-electron chi connectivity index (χ1n) is 17.3. The van der Waals surface area contributed by atoms with E-state index < -0.39 is 24.8 Å². The number of aliphatic hydroxyl groups is 3. The van der Waals surface area contributed by atoms with Crippen molar-refractivity contribution in [3.05, 3.63) is 48.6 Å². The van der Waals surface area contributed by atoms with Gasteiger partial charge in [0.1, 0.15) is 6.61 Å². The van der Waals surface area contributed by atoms with Gasteiger partial charge >= 0.3 is 11.9 Å². The van der Waals surface area contributed by atoms with Crippen molar-refractivity contribution >= 4 is 11.9 Å². The summed E-state index contributed by atoms with van der Waals surface area (Å²) >= 11 is 0. The van der Waals surface area contributed by atoms with Crippen LogP contribution >= 0.6 is 0 Å². The van der Waals surface area contributed by atoms with Crippen LogP contribution in [-0.4, -0.2) is 58.8 Å². The Morgan fingerprint density at radius 1 is 0.659 bits per heavy atom. The number of carbonyl (C=O) groups excluding carboxylic acids is 2.